The maximum Gasteiger partial charge on any atom is 0.269 e. The molecule has 2 aliphatic rings. The summed E-state index contributed by atoms with van der Waals surface area (Å²) in [6.45, 7) is 0. The molecule has 1 aliphatic heterocycles. The number of nitro groups is 1. The number of nitro benzene ring substituents is 1. The highest BCUT2D eigenvalue weighted by Crippen LogP contribution is 2.44. The van der Waals surface area contributed by atoms with Crippen LogP contribution < -0.4 is 4.90 Å². The Balaban J connectivity index is 1.90. The third kappa shape index (κ3) is 2.48. The van der Waals surface area contributed by atoms with Crippen LogP contribution in [0.5, 0.6) is 0 Å². The molecule has 3 rings (SSSR count). The lowest BCUT2D eigenvalue weighted by Gasteiger charge is -2.29. The maximum absolute atomic E-state index is 12.6. The third-order valence-electron chi connectivity index (χ3n) is 4.23. The lowest BCUT2D eigenvalue weighted by atomic mass is 9.81. The lowest BCUT2D eigenvalue weighted by molar-refractivity contribution is -0.384. The van der Waals surface area contributed by atoms with E-state index in [0.717, 1.165) is 0 Å². The minimum absolute atomic E-state index is 0.0682. The number of benzene rings is 1. The van der Waals surface area contributed by atoms with Crippen molar-refractivity contribution in [2.45, 2.75) is 22.5 Å². The van der Waals surface area contributed by atoms with Crippen LogP contribution in [0.1, 0.15) is 12.8 Å². The maximum atomic E-state index is 12.6. The van der Waals surface area contributed by atoms with Crippen LogP contribution in [0.4, 0.5) is 11.4 Å². The van der Waals surface area contributed by atoms with Gasteiger partial charge in [0.05, 0.1) is 22.4 Å². The molecule has 6 nitrogen and oxygen atoms in total. The molecule has 4 atom stereocenters. The SMILES string of the molecule is O=C1[C@H]2C[C@@H](Br)[C@H](Br)C[C@@H]2C(=O)N1c1ccc([N+](=O)[O-])cc1. The van der Waals surface area contributed by atoms with Crippen molar-refractivity contribution in [3.8, 4) is 0 Å². The number of carbonyl (C=O) groups is 2. The first-order chi connectivity index (χ1) is 10.4. The fourth-order valence-corrected chi connectivity index (χ4v) is 4.31. The number of imide groups is 1. The van der Waals surface area contributed by atoms with Crippen molar-refractivity contribution in [3.63, 3.8) is 0 Å². The van der Waals surface area contributed by atoms with E-state index in [-0.39, 0.29) is 39.0 Å². The number of amides is 2. The predicted molar refractivity (Wildman–Crippen MR) is 87.2 cm³/mol. The Hall–Kier alpha value is -1.28. The highest BCUT2D eigenvalue weighted by molar-refractivity contribution is 9.12. The number of alkyl halides is 2. The van der Waals surface area contributed by atoms with Gasteiger partial charge in [0.1, 0.15) is 0 Å². The van der Waals surface area contributed by atoms with Gasteiger partial charge in [0, 0.05) is 21.8 Å². The van der Waals surface area contributed by atoms with Gasteiger partial charge in [-0.25, -0.2) is 0 Å². The molecule has 1 aromatic carbocycles. The van der Waals surface area contributed by atoms with Crippen LogP contribution in [-0.4, -0.2) is 26.4 Å². The summed E-state index contributed by atoms with van der Waals surface area (Å²) in [7, 11) is 0. The summed E-state index contributed by atoms with van der Waals surface area (Å²) in [5.74, 6) is -1.07. The molecular weight excluding hydrogens is 420 g/mol. The summed E-state index contributed by atoms with van der Waals surface area (Å²) >= 11 is 7.07. The zero-order valence-corrected chi connectivity index (χ0v) is 14.5. The zero-order chi connectivity index (χ0) is 16.0. The van der Waals surface area contributed by atoms with Crippen molar-refractivity contribution >= 4 is 55.0 Å². The molecule has 1 aromatic rings. The number of fused-ring (bicyclic) bond motifs is 1. The molecule has 2 fully saturated rings. The van der Waals surface area contributed by atoms with Gasteiger partial charge in [0.25, 0.3) is 5.69 Å². The topological polar surface area (TPSA) is 80.5 Å². The summed E-state index contributed by atoms with van der Waals surface area (Å²) in [6, 6.07) is 5.50. The van der Waals surface area contributed by atoms with Gasteiger partial charge in [-0.15, -0.1) is 0 Å². The molecule has 8 heteroatoms. The molecule has 1 heterocycles. The van der Waals surface area contributed by atoms with Crippen molar-refractivity contribution in [3.05, 3.63) is 34.4 Å². The van der Waals surface area contributed by atoms with Crippen LogP contribution in [0.2, 0.25) is 0 Å². The van der Waals surface area contributed by atoms with Crippen molar-refractivity contribution in [1.29, 1.82) is 0 Å². The van der Waals surface area contributed by atoms with Crippen LogP contribution in [-0.2, 0) is 9.59 Å². The molecule has 0 radical (unpaired) electrons. The van der Waals surface area contributed by atoms with E-state index in [4.69, 9.17) is 0 Å². The van der Waals surface area contributed by atoms with Crippen LogP contribution in [0.3, 0.4) is 0 Å². The number of hydrogen-bond donors (Lipinski definition) is 0. The molecule has 1 saturated carbocycles. The Kier molecular flexibility index (Phi) is 4.07. The second kappa shape index (κ2) is 5.73. The molecule has 0 spiro atoms. The Morgan fingerprint density at radius 2 is 1.45 bits per heavy atom. The molecule has 0 aromatic heterocycles. The Morgan fingerprint density at radius 3 is 1.86 bits per heavy atom. The summed E-state index contributed by atoms with van der Waals surface area (Å²) in [4.78, 5) is 36.8. The average Bonchev–Trinajstić information content (AvgIpc) is 2.72. The smallest absolute Gasteiger partial charge is 0.269 e. The first kappa shape index (κ1) is 15.6. The van der Waals surface area contributed by atoms with Gasteiger partial charge >= 0.3 is 0 Å². The van der Waals surface area contributed by atoms with Gasteiger partial charge in [-0.2, -0.15) is 0 Å². The predicted octanol–water partition coefficient (Wildman–Crippen LogP) is 3.02. The van der Waals surface area contributed by atoms with Crippen LogP contribution in [0, 0.1) is 22.0 Å². The van der Waals surface area contributed by atoms with Gasteiger partial charge in [-0.3, -0.25) is 24.6 Å². The Bertz CT molecular complexity index is 621. The van der Waals surface area contributed by atoms with E-state index >= 15 is 0 Å². The number of non-ortho nitro benzene ring substituents is 1. The van der Waals surface area contributed by atoms with Crippen molar-refractivity contribution in [2.75, 3.05) is 4.90 Å². The van der Waals surface area contributed by atoms with E-state index in [2.05, 4.69) is 31.9 Å². The van der Waals surface area contributed by atoms with Crippen LogP contribution in [0.15, 0.2) is 24.3 Å². The molecule has 116 valence electrons. The highest BCUT2D eigenvalue weighted by atomic mass is 79.9. The minimum Gasteiger partial charge on any atom is -0.274 e. The first-order valence-electron chi connectivity index (χ1n) is 6.80. The second-order valence-electron chi connectivity index (χ2n) is 5.50. The van der Waals surface area contributed by atoms with E-state index in [1.807, 2.05) is 0 Å². The van der Waals surface area contributed by atoms with E-state index in [0.29, 0.717) is 18.5 Å². The number of anilines is 1. The zero-order valence-electron chi connectivity index (χ0n) is 11.3. The second-order valence-corrected chi connectivity index (χ2v) is 7.85. The van der Waals surface area contributed by atoms with Crippen molar-refractivity contribution < 1.29 is 14.5 Å². The molecule has 1 aliphatic carbocycles. The number of hydrogen-bond acceptors (Lipinski definition) is 4. The Morgan fingerprint density at radius 1 is 1.00 bits per heavy atom. The highest BCUT2D eigenvalue weighted by Gasteiger charge is 2.52. The fraction of sp³-hybridized carbons (Fsp3) is 0.429. The molecule has 22 heavy (non-hydrogen) atoms. The number of carbonyl (C=O) groups excluding carboxylic acids is 2. The average molecular weight is 432 g/mol. The normalized spacial score (nSPS) is 31.3. The number of rotatable bonds is 2. The van der Waals surface area contributed by atoms with E-state index in [1.165, 1.54) is 29.2 Å². The third-order valence-corrected chi connectivity index (χ3v) is 6.96. The summed E-state index contributed by atoms with van der Waals surface area (Å²) in [6.07, 6.45) is 1.21. The van der Waals surface area contributed by atoms with Gasteiger partial charge in [-0.05, 0) is 25.0 Å². The van der Waals surface area contributed by atoms with Crippen LogP contribution >= 0.6 is 31.9 Å². The standard InChI is InChI=1S/C14H12Br2N2O4/c15-11-5-9-10(6-12(11)16)14(20)17(13(9)19)7-1-3-8(4-2-7)18(21)22/h1-4,9-12H,5-6H2/t9-,10-,11+,12+/m0/s1. The van der Waals surface area contributed by atoms with Gasteiger partial charge in [-0.1, -0.05) is 31.9 Å². The summed E-state index contributed by atoms with van der Waals surface area (Å²) in [5.41, 5.74) is 0.327. The quantitative estimate of drug-likeness (QED) is 0.312. The number of halogens is 2. The largest absolute Gasteiger partial charge is 0.274 e. The van der Waals surface area contributed by atoms with Crippen LogP contribution in [0.25, 0.3) is 0 Å². The molecule has 2 amide bonds. The molecular formula is C14H12Br2N2O4. The number of nitrogens with zero attached hydrogens (tertiary/aromatic N) is 2. The monoisotopic (exact) mass is 430 g/mol. The van der Waals surface area contributed by atoms with E-state index in [9.17, 15) is 19.7 Å². The molecule has 1 saturated heterocycles. The fourth-order valence-electron chi connectivity index (χ4n) is 3.07. The van der Waals surface area contributed by atoms with Crippen molar-refractivity contribution in [2.24, 2.45) is 11.8 Å². The van der Waals surface area contributed by atoms with Gasteiger partial charge in [0.15, 0.2) is 0 Å². The Labute approximate surface area is 143 Å². The lowest BCUT2D eigenvalue weighted by Crippen LogP contribution is -2.34. The summed E-state index contributed by atoms with van der Waals surface area (Å²) < 4.78 is 0. The first-order valence-corrected chi connectivity index (χ1v) is 8.63. The van der Waals surface area contributed by atoms with Gasteiger partial charge in [0.2, 0.25) is 11.8 Å². The minimum atomic E-state index is -0.512. The van der Waals surface area contributed by atoms with E-state index < -0.39 is 4.92 Å². The van der Waals surface area contributed by atoms with Gasteiger partial charge < -0.3 is 0 Å². The summed E-state index contributed by atoms with van der Waals surface area (Å²) in [5, 5.41) is 10.7. The molecule has 0 unspecified atom stereocenters. The molecule has 0 bridgehead atoms. The molecule has 0 N–H and O–H groups in total. The van der Waals surface area contributed by atoms with Crippen molar-refractivity contribution in [1.82, 2.24) is 0 Å². The van der Waals surface area contributed by atoms with E-state index in [1.54, 1.807) is 0 Å².